The van der Waals surface area contributed by atoms with Gasteiger partial charge < -0.3 is 4.42 Å². The van der Waals surface area contributed by atoms with Gasteiger partial charge in [0.2, 0.25) is 0 Å². The average molecular weight is 685 g/mol. The molecule has 0 N–H and O–H groups in total. The van der Waals surface area contributed by atoms with Crippen LogP contribution < -0.4 is 0 Å². The highest BCUT2D eigenvalue weighted by atomic mass is 32.1. The van der Waals surface area contributed by atoms with Crippen molar-refractivity contribution >= 4 is 43.5 Å². The van der Waals surface area contributed by atoms with Crippen molar-refractivity contribution in [3.05, 3.63) is 170 Å². The van der Waals surface area contributed by atoms with Gasteiger partial charge in [-0.2, -0.15) is 0 Å². The van der Waals surface area contributed by atoms with Crippen molar-refractivity contribution in [1.29, 1.82) is 0 Å². The number of para-hydroxylation sites is 2. The zero-order valence-corrected chi connectivity index (χ0v) is 28.6. The number of hydrogen-bond donors (Lipinski definition) is 0. The Hall–Kier alpha value is -6.76. The normalized spacial score (nSPS) is 11.5. The van der Waals surface area contributed by atoms with Gasteiger partial charge in [-0.05, 0) is 52.6 Å². The van der Waals surface area contributed by atoms with E-state index in [4.69, 9.17) is 24.4 Å². The fourth-order valence-corrected chi connectivity index (χ4v) is 7.85. The second kappa shape index (κ2) is 12.5. The van der Waals surface area contributed by atoms with Crippen molar-refractivity contribution in [1.82, 2.24) is 19.9 Å². The third-order valence-corrected chi connectivity index (χ3v) is 10.5. The first-order valence-corrected chi connectivity index (χ1v) is 18.0. The summed E-state index contributed by atoms with van der Waals surface area (Å²) in [6.07, 6.45) is 0. The molecule has 7 aromatic carbocycles. The van der Waals surface area contributed by atoms with Gasteiger partial charge in [-0.25, -0.2) is 19.9 Å². The summed E-state index contributed by atoms with van der Waals surface area (Å²) < 4.78 is 7.29. The Bertz CT molecular complexity index is 2900. The van der Waals surface area contributed by atoms with Gasteiger partial charge in [-0.1, -0.05) is 140 Å². The van der Waals surface area contributed by atoms with E-state index in [0.717, 1.165) is 70.5 Å². The Morgan fingerprint density at radius 1 is 0.385 bits per heavy atom. The molecule has 6 heteroatoms. The smallest absolute Gasteiger partial charge is 0.166 e. The van der Waals surface area contributed by atoms with Gasteiger partial charge in [0.1, 0.15) is 16.2 Å². The molecule has 0 saturated carbocycles. The summed E-state index contributed by atoms with van der Waals surface area (Å²) in [6.45, 7) is 0. The molecule has 5 nitrogen and oxygen atoms in total. The standard InChI is InChI=1S/C46H28N4OS/c1-3-12-29(13-4-1)30-24-26-31(27-25-30)33-16-9-17-34(28-33)46-47-42-37(20-11-23-40(42)52-46)45-49-43(32-14-5-2-6-15-32)48-44(50-45)36-19-10-22-39-41(36)35-18-7-8-21-38(35)51-39/h1-28H. The van der Waals surface area contributed by atoms with Crippen LogP contribution in [0.15, 0.2) is 174 Å². The highest BCUT2D eigenvalue weighted by Gasteiger charge is 2.20. The van der Waals surface area contributed by atoms with Gasteiger partial charge in [0, 0.05) is 33.0 Å². The van der Waals surface area contributed by atoms with Crippen LogP contribution in [0.25, 0.3) is 99.1 Å². The van der Waals surface area contributed by atoms with E-state index in [1.54, 1.807) is 11.3 Å². The molecular formula is C46H28N4OS. The first-order chi connectivity index (χ1) is 25.7. The van der Waals surface area contributed by atoms with Crippen molar-refractivity contribution < 1.29 is 4.42 Å². The summed E-state index contributed by atoms with van der Waals surface area (Å²) >= 11 is 1.67. The van der Waals surface area contributed by atoms with Crippen molar-refractivity contribution in [2.75, 3.05) is 0 Å². The second-order valence-corrected chi connectivity index (χ2v) is 13.7. The third-order valence-electron chi connectivity index (χ3n) is 9.41. The Balaban J connectivity index is 1.08. The van der Waals surface area contributed by atoms with Crippen molar-refractivity contribution in [3.8, 4) is 67.0 Å². The molecule has 10 aromatic rings. The number of benzene rings is 7. The Labute approximate surface area is 303 Å². The molecule has 0 fully saturated rings. The molecule has 0 aliphatic carbocycles. The van der Waals surface area contributed by atoms with E-state index in [-0.39, 0.29) is 0 Å². The molecule has 0 atom stereocenters. The third kappa shape index (κ3) is 5.34. The Morgan fingerprint density at radius 3 is 1.75 bits per heavy atom. The molecule has 0 amide bonds. The largest absolute Gasteiger partial charge is 0.456 e. The van der Waals surface area contributed by atoms with Gasteiger partial charge in [-0.3, -0.25) is 0 Å². The first kappa shape index (κ1) is 30.1. The zero-order valence-electron chi connectivity index (χ0n) is 27.8. The van der Waals surface area contributed by atoms with Crippen LogP contribution in [0.1, 0.15) is 0 Å². The van der Waals surface area contributed by atoms with Gasteiger partial charge >= 0.3 is 0 Å². The number of rotatable bonds is 6. The van der Waals surface area contributed by atoms with Crippen LogP contribution in [0, 0.1) is 0 Å². The van der Waals surface area contributed by atoms with Crippen LogP contribution in [-0.2, 0) is 0 Å². The summed E-state index contributed by atoms with van der Waals surface area (Å²) in [6, 6.07) is 58.2. The van der Waals surface area contributed by atoms with E-state index in [1.807, 2.05) is 66.7 Å². The monoisotopic (exact) mass is 684 g/mol. The lowest BCUT2D eigenvalue weighted by atomic mass is 9.99. The minimum atomic E-state index is 0.573. The zero-order chi connectivity index (χ0) is 34.4. The maximum Gasteiger partial charge on any atom is 0.166 e. The van der Waals surface area contributed by atoms with E-state index in [9.17, 15) is 0 Å². The molecule has 10 rings (SSSR count). The van der Waals surface area contributed by atoms with Gasteiger partial charge in [0.15, 0.2) is 17.5 Å². The first-order valence-electron chi connectivity index (χ1n) is 17.1. The van der Waals surface area contributed by atoms with Gasteiger partial charge in [0.05, 0.1) is 10.2 Å². The minimum Gasteiger partial charge on any atom is -0.456 e. The van der Waals surface area contributed by atoms with E-state index in [1.165, 1.54) is 11.1 Å². The summed E-state index contributed by atoms with van der Waals surface area (Å²) in [5.41, 5.74) is 10.9. The number of furan rings is 1. The van der Waals surface area contributed by atoms with Crippen molar-refractivity contribution in [2.45, 2.75) is 0 Å². The maximum absolute atomic E-state index is 6.23. The highest BCUT2D eigenvalue weighted by Crippen LogP contribution is 2.39. The van der Waals surface area contributed by atoms with E-state index >= 15 is 0 Å². The molecule has 52 heavy (non-hydrogen) atoms. The summed E-state index contributed by atoms with van der Waals surface area (Å²) in [7, 11) is 0. The van der Waals surface area contributed by atoms with Crippen LogP contribution in [0.2, 0.25) is 0 Å². The predicted molar refractivity (Wildman–Crippen MR) is 213 cm³/mol. The van der Waals surface area contributed by atoms with Crippen molar-refractivity contribution in [3.63, 3.8) is 0 Å². The predicted octanol–water partition coefficient (Wildman–Crippen LogP) is 12.4. The molecule has 0 bridgehead atoms. The highest BCUT2D eigenvalue weighted by molar-refractivity contribution is 7.21. The lowest BCUT2D eigenvalue weighted by Gasteiger charge is -2.09. The molecule has 0 saturated heterocycles. The number of thiazole rings is 1. The fourth-order valence-electron chi connectivity index (χ4n) is 6.86. The van der Waals surface area contributed by atoms with Crippen LogP contribution >= 0.6 is 11.3 Å². The number of aromatic nitrogens is 4. The average Bonchev–Trinajstić information content (AvgIpc) is 3.84. The molecule has 0 aliphatic rings. The molecular weight excluding hydrogens is 657 g/mol. The quantitative estimate of drug-likeness (QED) is 0.174. The van der Waals surface area contributed by atoms with Crippen LogP contribution in [-0.4, -0.2) is 19.9 Å². The lowest BCUT2D eigenvalue weighted by molar-refractivity contribution is 0.669. The maximum atomic E-state index is 6.23. The van der Waals surface area contributed by atoms with Crippen LogP contribution in [0.5, 0.6) is 0 Å². The van der Waals surface area contributed by atoms with Crippen LogP contribution in [0.4, 0.5) is 0 Å². The van der Waals surface area contributed by atoms with E-state index in [0.29, 0.717) is 17.5 Å². The molecule has 0 aliphatic heterocycles. The number of nitrogens with zero attached hydrogens (tertiary/aromatic N) is 4. The Kier molecular flexibility index (Phi) is 7.25. The van der Waals surface area contributed by atoms with Gasteiger partial charge in [-0.15, -0.1) is 11.3 Å². The Morgan fingerprint density at radius 2 is 0.942 bits per heavy atom. The molecule has 0 radical (unpaired) electrons. The topological polar surface area (TPSA) is 64.7 Å². The van der Waals surface area contributed by atoms with E-state index < -0.39 is 0 Å². The number of hydrogen-bond acceptors (Lipinski definition) is 6. The molecule has 244 valence electrons. The molecule has 3 heterocycles. The van der Waals surface area contributed by atoms with Crippen LogP contribution in [0.3, 0.4) is 0 Å². The molecule has 0 unspecified atom stereocenters. The summed E-state index contributed by atoms with van der Waals surface area (Å²) in [5, 5.41) is 2.95. The summed E-state index contributed by atoms with van der Waals surface area (Å²) in [4.78, 5) is 20.5. The number of fused-ring (bicyclic) bond motifs is 4. The minimum absolute atomic E-state index is 0.573. The van der Waals surface area contributed by atoms with E-state index in [2.05, 4.69) is 103 Å². The lowest BCUT2D eigenvalue weighted by Crippen LogP contribution is -2.00. The van der Waals surface area contributed by atoms with Crippen molar-refractivity contribution in [2.24, 2.45) is 0 Å². The molecule has 3 aromatic heterocycles. The summed E-state index contributed by atoms with van der Waals surface area (Å²) in [5.74, 6) is 1.76. The molecule has 0 spiro atoms. The second-order valence-electron chi connectivity index (χ2n) is 12.6. The SMILES string of the molecule is c1ccc(-c2ccc(-c3cccc(-c4nc5c(-c6nc(-c7ccccc7)nc(-c7cccc8oc9ccccc9c78)n6)cccc5s4)c3)cc2)cc1. The fraction of sp³-hybridized carbons (Fsp3) is 0. The van der Waals surface area contributed by atoms with Gasteiger partial charge in [0.25, 0.3) is 0 Å².